The third-order valence-electron chi connectivity index (χ3n) is 6.30. The molecule has 0 fully saturated rings. The van der Waals surface area contributed by atoms with E-state index in [4.69, 9.17) is 14.2 Å². The van der Waals surface area contributed by atoms with E-state index in [1.807, 2.05) is 0 Å². The molecule has 0 bridgehead atoms. The lowest BCUT2D eigenvalue weighted by Crippen LogP contribution is -2.53. The average Bonchev–Trinajstić information content (AvgIpc) is 3.00. The Balaban J connectivity index is 1.60. The van der Waals surface area contributed by atoms with Crippen molar-refractivity contribution < 1.29 is 33.1 Å². The van der Waals surface area contributed by atoms with Gasteiger partial charge in [0.2, 0.25) is 17.6 Å². The molecule has 0 saturated carbocycles. The third-order valence-corrected chi connectivity index (χ3v) is 8.28. The fraction of sp³-hybridized carbons (Fsp3) is 0.414. The van der Waals surface area contributed by atoms with Crippen LogP contribution in [0.5, 0.6) is 0 Å². The van der Waals surface area contributed by atoms with E-state index in [-0.39, 0.29) is 49.1 Å². The molecule has 0 aliphatic rings. The van der Waals surface area contributed by atoms with Gasteiger partial charge in [-0.05, 0) is 56.5 Å². The molecule has 0 radical (unpaired) electrons. The molecule has 3 rings (SSSR count). The van der Waals surface area contributed by atoms with Gasteiger partial charge < -0.3 is 30.1 Å². The third kappa shape index (κ3) is 9.71. The van der Waals surface area contributed by atoms with Crippen LogP contribution in [0.4, 0.5) is 5.69 Å². The number of nitrogens with one attached hydrogen (secondary N) is 3. The molecule has 44 heavy (non-hydrogen) atoms. The fourth-order valence-corrected chi connectivity index (χ4v) is 5.48. The molecule has 2 aromatic carbocycles. The number of anilines is 1. The summed E-state index contributed by atoms with van der Waals surface area (Å²) in [6.45, 7) is 8.82. The van der Waals surface area contributed by atoms with E-state index in [0.29, 0.717) is 16.8 Å². The molecule has 14 nitrogen and oxygen atoms in total. The van der Waals surface area contributed by atoms with Crippen LogP contribution in [0.3, 0.4) is 0 Å². The van der Waals surface area contributed by atoms with Crippen LogP contribution in [0.2, 0.25) is 0 Å². The standard InChI is InChI=1S/C29H38N7O7P/c1-6-42-44(41,43-7-2)17-24-33-35-26(36-34-24)21-10-12-22(13-11-21)28(39)32-25(18(3)4)29(40)30-19(5)27(38)31-23-14-8-20(16-37)9-15-23/h8-15,18-19,25,37H,6-7,16-17H2,1-5H3,(H,30,40)(H,31,38)(H,32,39)/t19-,25-/m0/s1. The van der Waals surface area contributed by atoms with E-state index in [1.165, 1.54) is 0 Å². The number of benzene rings is 2. The molecule has 1 aromatic heterocycles. The first-order chi connectivity index (χ1) is 21.0. The maximum Gasteiger partial charge on any atom is 0.338 e. The highest BCUT2D eigenvalue weighted by Gasteiger charge is 2.28. The number of hydrogen-bond donors (Lipinski definition) is 4. The number of aliphatic hydroxyl groups excluding tert-OH is 1. The smallest absolute Gasteiger partial charge is 0.338 e. The zero-order valence-electron chi connectivity index (χ0n) is 25.3. The van der Waals surface area contributed by atoms with Gasteiger partial charge in [-0.2, -0.15) is 0 Å². The number of hydrogen-bond acceptors (Lipinski definition) is 11. The molecule has 15 heteroatoms. The summed E-state index contributed by atoms with van der Waals surface area (Å²) >= 11 is 0. The summed E-state index contributed by atoms with van der Waals surface area (Å²) in [5.41, 5.74) is 2.05. The van der Waals surface area contributed by atoms with Gasteiger partial charge in [0.1, 0.15) is 18.2 Å². The van der Waals surface area contributed by atoms with Gasteiger partial charge in [0.15, 0.2) is 5.82 Å². The molecule has 0 unspecified atom stereocenters. The molecule has 3 aromatic rings. The van der Waals surface area contributed by atoms with Crippen molar-refractivity contribution in [2.45, 2.75) is 59.5 Å². The maximum atomic E-state index is 13.0. The molecular formula is C29H38N7O7P. The maximum absolute atomic E-state index is 13.0. The Bertz CT molecular complexity index is 1440. The summed E-state index contributed by atoms with van der Waals surface area (Å²) in [6, 6.07) is 11.2. The number of aliphatic hydroxyl groups is 1. The molecule has 4 N–H and O–H groups in total. The van der Waals surface area contributed by atoms with E-state index in [0.717, 1.165) is 0 Å². The highest BCUT2D eigenvalue weighted by Crippen LogP contribution is 2.50. The van der Waals surface area contributed by atoms with Gasteiger partial charge in [0.05, 0.1) is 19.8 Å². The Morgan fingerprint density at radius 2 is 1.43 bits per heavy atom. The zero-order chi connectivity index (χ0) is 32.3. The number of carbonyl (C=O) groups is 3. The van der Waals surface area contributed by atoms with Gasteiger partial charge >= 0.3 is 7.60 Å². The van der Waals surface area contributed by atoms with Gasteiger partial charge in [0.25, 0.3) is 5.91 Å². The van der Waals surface area contributed by atoms with Crippen LogP contribution < -0.4 is 16.0 Å². The molecule has 236 valence electrons. The Hall–Kier alpha value is -4.10. The predicted molar refractivity (Wildman–Crippen MR) is 162 cm³/mol. The van der Waals surface area contributed by atoms with Gasteiger partial charge in [0, 0.05) is 16.8 Å². The highest BCUT2D eigenvalue weighted by molar-refractivity contribution is 7.53. The van der Waals surface area contributed by atoms with Crippen molar-refractivity contribution >= 4 is 31.0 Å². The fourth-order valence-electron chi connectivity index (χ4n) is 3.97. The summed E-state index contributed by atoms with van der Waals surface area (Å²) in [5, 5.41) is 33.3. The lowest BCUT2D eigenvalue weighted by atomic mass is 10.0. The minimum absolute atomic E-state index is 0.108. The van der Waals surface area contributed by atoms with Crippen LogP contribution in [-0.4, -0.2) is 68.5 Å². The Kier molecular flexibility index (Phi) is 12.6. The Morgan fingerprint density at radius 3 is 1.95 bits per heavy atom. The topological polar surface area (TPSA) is 195 Å². The van der Waals surface area contributed by atoms with Crippen LogP contribution in [0.1, 0.15) is 56.4 Å². The number of amides is 3. The first-order valence-electron chi connectivity index (χ1n) is 14.1. The van der Waals surface area contributed by atoms with Crippen LogP contribution in [0, 0.1) is 5.92 Å². The van der Waals surface area contributed by atoms with E-state index in [9.17, 15) is 18.9 Å². The molecule has 1 heterocycles. The van der Waals surface area contributed by atoms with Crippen LogP contribution >= 0.6 is 7.60 Å². The van der Waals surface area contributed by atoms with Crippen molar-refractivity contribution in [2.75, 3.05) is 18.5 Å². The van der Waals surface area contributed by atoms with Gasteiger partial charge in [-0.25, -0.2) is 0 Å². The second-order valence-electron chi connectivity index (χ2n) is 10.1. The Labute approximate surface area is 255 Å². The van der Waals surface area contributed by atoms with E-state index >= 15 is 0 Å². The van der Waals surface area contributed by atoms with Crippen molar-refractivity contribution in [3.05, 3.63) is 65.5 Å². The Morgan fingerprint density at radius 1 is 0.841 bits per heavy atom. The van der Waals surface area contributed by atoms with Crippen LogP contribution in [0.15, 0.2) is 48.5 Å². The van der Waals surface area contributed by atoms with E-state index in [2.05, 4.69) is 36.3 Å². The number of rotatable bonds is 15. The number of nitrogens with zero attached hydrogens (tertiary/aromatic N) is 4. The van der Waals surface area contributed by atoms with Crippen molar-refractivity contribution in [3.63, 3.8) is 0 Å². The van der Waals surface area contributed by atoms with E-state index in [1.54, 1.807) is 83.1 Å². The summed E-state index contributed by atoms with van der Waals surface area (Å²) in [5.74, 6) is -1.40. The van der Waals surface area contributed by atoms with Crippen molar-refractivity contribution in [2.24, 2.45) is 5.92 Å². The van der Waals surface area contributed by atoms with Crippen LogP contribution in [-0.2, 0) is 36.0 Å². The monoisotopic (exact) mass is 627 g/mol. The normalized spacial score (nSPS) is 12.8. The first kappa shape index (κ1) is 34.4. The quantitative estimate of drug-likeness (QED) is 0.181. The first-order valence-corrected chi connectivity index (χ1v) is 15.9. The molecule has 0 aliphatic heterocycles. The number of carbonyl (C=O) groups excluding carboxylic acids is 3. The molecule has 0 aliphatic carbocycles. The van der Waals surface area contributed by atoms with Gasteiger partial charge in [-0.1, -0.05) is 38.1 Å². The molecule has 2 atom stereocenters. The van der Waals surface area contributed by atoms with Crippen molar-refractivity contribution in [1.82, 2.24) is 31.0 Å². The summed E-state index contributed by atoms with van der Waals surface area (Å²) in [7, 11) is -3.41. The summed E-state index contributed by atoms with van der Waals surface area (Å²) in [6.07, 6.45) is -0.165. The van der Waals surface area contributed by atoms with Gasteiger partial charge in [-0.15, -0.1) is 20.4 Å². The van der Waals surface area contributed by atoms with E-state index < -0.39 is 37.4 Å². The summed E-state index contributed by atoms with van der Waals surface area (Å²) in [4.78, 5) is 38.7. The zero-order valence-corrected chi connectivity index (χ0v) is 26.2. The second kappa shape index (κ2) is 16.1. The molecular weight excluding hydrogens is 589 g/mol. The predicted octanol–water partition coefficient (Wildman–Crippen LogP) is 3.09. The molecule has 3 amide bonds. The molecule has 0 spiro atoms. The lowest BCUT2D eigenvalue weighted by Gasteiger charge is -2.24. The van der Waals surface area contributed by atoms with Crippen LogP contribution in [0.25, 0.3) is 11.4 Å². The largest absolute Gasteiger partial charge is 0.392 e. The van der Waals surface area contributed by atoms with Crippen molar-refractivity contribution in [1.29, 1.82) is 0 Å². The average molecular weight is 628 g/mol. The SMILES string of the molecule is CCOP(=O)(Cc1nnc(-c2ccc(C(=O)N[C@H](C(=O)N[C@@H](C)C(=O)Nc3ccc(CO)cc3)C(C)C)cc2)nn1)OCC. The van der Waals surface area contributed by atoms with Crippen molar-refractivity contribution in [3.8, 4) is 11.4 Å². The summed E-state index contributed by atoms with van der Waals surface area (Å²) < 4.78 is 23.2. The van der Waals surface area contributed by atoms with Gasteiger partial charge in [-0.3, -0.25) is 18.9 Å². The minimum Gasteiger partial charge on any atom is -0.392 e. The second-order valence-corrected chi connectivity index (χ2v) is 12.1. The lowest BCUT2D eigenvalue weighted by molar-refractivity contribution is -0.128. The number of aromatic nitrogens is 4. The highest BCUT2D eigenvalue weighted by atomic mass is 31.2. The molecule has 0 saturated heterocycles. The minimum atomic E-state index is -3.41.